The summed E-state index contributed by atoms with van der Waals surface area (Å²) in [6.07, 6.45) is 1.93. The molecule has 0 unspecified atom stereocenters. The molecule has 0 aliphatic carbocycles. The van der Waals surface area contributed by atoms with Gasteiger partial charge < -0.3 is 10.5 Å². The summed E-state index contributed by atoms with van der Waals surface area (Å²) in [7, 11) is 0. The Bertz CT molecular complexity index is 356. The molecule has 0 amide bonds. The summed E-state index contributed by atoms with van der Waals surface area (Å²) in [5.74, 6) is 0.847. The average Bonchev–Trinajstić information content (AvgIpc) is 2.29. The fourth-order valence-corrected chi connectivity index (χ4v) is 2.59. The van der Waals surface area contributed by atoms with E-state index in [2.05, 4.69) is 15.9 Å². The van der Waals surface area contributed by atoms with Crippen LogP contribution in [0.4, 0.5) is 0 Å². The fourth-order valence-electron chi connectivity index (χ4n) is 1.64. The molecule has 0 aromatic heterocycles. The van der Waals surface area contributed by atoms with Gasteiger partial charge in [0.15, 0.2) is 0 Å². The third-order valence-corrected chi connectivity index (χ3v) is 3.15. The predicted octanol–water partition coefficient (Wildman–Crippen LogP) is 3.27. The zero-order valence-electron chi connectivity index (χ0n) is 7.59. The molecule has 1 aromatic carbocycles. The highest BCUT2D eigenvalue weighted by Crippen LogP contribution is 2.38. The molecule has 2 N–H and O–H groups in total. The first-order valence-corrected chi connectivity index (χ1v) is 5.73. The lowest BCUT2D eigenvalue weighted by molar-refractivity contribution is 0.314. The summed E-state index contributed by atoms with van der Waals surface area (Å²) < 4.78 is 6.51. The Balaban J connectivity index is 2.53. The second-order valence-corrected chi connectivity index (χ2v) is 4.69. The van der Waals surface area contributed by atoms with Crippen LogP contribution in [-0.4, -0.2) is 6.61 Å². The highest BCUT2D eigenvalue weighted by Gasteiger charge is 2.19. The van der Waals surface area contributed by atoms with Crippen molar-refractivity contribution in [1.82, 2.24) is 0 Å². The first kappa shape index (κ1) is 10.3. The van der Waals surface area contributed by atoms with E-state index in [1.807, 2.05) is 12.1 Å². The molecule has 76 valence electrons. The Morgan fingerprint density at radius 3 is 3.07 bits per heavy atom. The van der Waals surface area contributed by atoms with Gasteiger partial charge in [-0.05, 0) is 40.9 Å². The number of hydrogen-bond donors (Lipinski definition) is 1. The number of rotatable bonds is 0. The van der Waals surface area contributed by atoms with E-state index in [9.17, 15) is 0 Å². The molecule has 1 aromatic rings. The maximum absolute atomic E-state index is 6.02. The molecule has 2 rings (SSSR count). The molecule has 1 heterocycles. The first-order valence-electron chi connectivity index (χ1n) is 4.56. The molecule has 0 bridgehead atoms. The normalized spacial score (nSPS) is 20.9. The van der Waals surface area contributed by atoms with Crippen LogP contribution in [0.3, 0.4) is 0 Å². The van der Waals surface area contributed by atoms with Crippen LogP contribution in [0.2, 0.25) is 5.02 Å². The predicted molar refractivity (Wildman–Crippen MR) is 60.8 cm³/mol. The maximum Gasteiger partial charge on any atom is 0.138 e. The summed E-state index contributed by atoms with van der Waals surface area (Å²) in [6.45, 7) is 0.723. The first-order chi connectivity index (χ1) is 6.68. The Morgan fingerprint density at radius 1 is 1.50 bits per heavy atom. The van der Waals surface area contributed by atoms with Crippen LogP contribution in [0.5, 0.6) is 5.75 Å². The van der Waals surface area contributed by atoms with Crippen molar-refractivity contribution in [2.24, 2.45) is 5.73 Å². The molecular weight excluding hydrogens is 265 g/mol. The van der Waals surface area contributed by atoms with Gasteiger partial charge in [-0.3, -0.25) is 0 Å². The molecular formula is C10H11BrClNO. The van der Waals surface area contributed by atoms with Crippen molar-refractivity contribution in [1.29, 1.82) is 0 Å². The number of benzene rings is 1. The minimum atomic E-state index is 0.0301. The Hall–Kier alpha value is -0.250. The van der Waals surface area contributed by atoms with E-state index in [0.29, 0.717) is 5.02 Å². The topological polar surface area (TPSA) is 35.2 Å². The van der Waals surface area contributed by atoms with Gasteiger partial charge in [-0.25, -0.2) is 0 Å². The van der Waals surface area contributed by atoms with Crippen molar-refractivity contribution in [3.05, 3.63) is 27.2 Å². The molecule has 1 aliphatic heterocycles. The van der Waals surface area contributed by atoms with Crippen molar-refractivity contribution in [2.45, 2.75) is 18.9 Å². The largest absolute Gasteiger partial charge is 0.492 e. The third-order valence-electron chi connectivity index (χ3n) is 2.34. The summed E-state index contributed by atoms with van der Waals surface area (Å²) >= 11 is 9.39. The van der Waals surface area contributed by atoms with Crippen molar-refractivity contribution in [2.75, 3.05) is 6.61 Å². The molecule has 0 radical (unpaired) electrons. The van der Waals surface area contributed by atoms with Gasteiger partial charge >= 0.3 is 0 Å². The van der Waals surface area contributed by atoms with Crippen molar-refractivity contribution < 1.29 is 4.74 Å². The molecule has 14 heavy (non-hydrogen) atoms. The highest BCUT2D eigenvalue weighted by atomic mass is 79.9. The highest BCUT2D eigenvalue weighted by molar-refractivity contribution is 9.10. The smallest absolute Gasteiger partial charge is 0.138 e. The zero-order valence-corrected chi connectivity index (χ0v) is 9.94. The molecule has 0 saturated carbocycles. The van der Waals surface area contributed by atoms with Gasteiger partial charge in [-0.2, -0.15) is 0 Å². The lowest BCUT2D eigenvalue weighted by Crippen LogP contribution is -2.09. The molecule has 1 atom stereocenters. The lowest BCUT2D eigenvalue weighted by Gasteiger charge is -2.13. The van der Waals surface area contributed by atoms with Crippen molar-refractivity contribution in [3.63, 3.8) is 0 Å². The average molecular weight is 277 g/mol. The Morgan fingerprint density at radius 2 is 2.29 bits per heavy atom. The van der Waals surface area contributed by atoms with Crippen molar-refractivity contribution >= 4 is 27.5 Å². The van der Waals surface area contributed by atoms with Gasteiger partial charge in [-0.15, -0.1) is 0 Å². The number of hydrogen-bond acceptors (Lipinski definition) is 2. The van der Waals surface area contributed by atoms with Crippen LogP contribution < -0.4 is 10.5 Å². The van der Waals surface area contributed by atoms with Crippen LogP contribution in [0.15, 0.2) is 16.6 Å². The number of ether oxygens (including phenoxy) is 1. The van der Waals surface area contributed by atoms with E-state index >= 15 is 0 Å². The van der Waals surface area contributed by atoms with E-state index in [4.69, 9.17) is 22.1 Å². The van der Waals surface area contributed by atoms with Crippen LogP contribution in [-0.2, 0) is 0 Å². The van der Waals surface area contributed by atoms with E-state index in [1.54, 1.807) is 0 Å². The van der Waals surface area contributed by atoms with Gasteiger partial charge in [-0.1, -0.05) is 11.6 Å². The maximum atomic E-state index is 6.02. The minimum Gasteiger partial charge on any atom is -0.492 e. The summed E-state index contributed by atoms with van der Waals surface area (Å²) in [5.41, 5.74) is 7.03. The van der Waals surface area contributed by atoms with Gasteiger partial charge in [0.2, 0.25) is 0 Å². The second kappa shape index (κ2) is 4.09. The molecule has 0 spiro atoms. The van der Waals surface area contributed by atoms with Gasteiger partial charge in [0.1, 0.15) is 5.75 Å². The molecule has 0 fully saturated rings. The molecule has 1 aliphatic rings. The third kappa shape index (κ3) is 1.90. The van der Waals surface area contributed by atoms with Crippen LogP contribution in [0.25, 0.3) is 0 Å². The number of fused-ring (bicyclic) bond motifs is 1. The monoisotopic (exact) mass is 275 g/mol. The lowest BCUT2D eigenvalue weighted by atomic mass is 10.0. The van der Waals surface area contributed by atoms with Crippen LogP contribution in [0.1, 0.15) is 24.4 Å². The summed E-state index contributed by atoms with van der Waals surface area (Å²) in [4.78, 5) is 0. The van der Waals surface area contributed by atoms with Crippen LogP contribution in [0, 0.1) is 0 Å². The van der Waals surface area contributed by atoms with E-state index < -0.39 is 0 Å². The second-order valence-electron chi connectivity index (χ2n) is 3.40. The molecule has 2 nitrogen and oxygen atoms in total. The van der Waals surface area contributed by atoms with E-state index in [1.165, 1.54) is 0 Å². The van der Waals surface area contributed by atoms with Gasteiger partial charge in [0.25, 0.3) is 0 Å². The number of halogens is 2. The standard InChI is InChI=1S/C10H11BrClNO/c11-8-5-6(12)4-7-9(13)2-1-3-14-10(7)8/h4-5,9H,1-3,13H2/t9-/m1/s1. The molecule has 0 saturated heterocycles. The zero-order chi connectivity index (χ0) is 10.1. The summed E-state index contributed by atoms with van der Waals surface area (Å²) in [6, 6.07) is 3.75. The molecule has 4 heteroatoms. The fraction of sp³-hybridized carbons (Fsp3) is 0.400. The van der Waals surface area contributed by atoms with Crippen LogP contribution >= 0.6 is 27.5 Å². The Labute approximate surface area is 96.5 Å². The quantitative estimate of drug-likeness (QED) is 0.789. The van der Waals surface area contributed by atoms with E-state index in [0.717, 1.165) is 35.2 Å². The SMILES string of the molecule is N[C@@H]1CCCOc2c(Br)cc(Cl)cc21. The van der Waals surface area contributed by atoms with Crippen molar-refractivity contribution in [3.8, 4) is 5.75 Å². The minimum absolute atomic E-state index is 0.0301. The Kier molecular flexibility index (Phi) is 3.00. The number of nitrogens with two attached hydrogens (primary N) is 1. The van der Waals surface area contributed by atoms with Gasteiger partial charge in [0, 0.05) is 16.6 Å². The summed E-state index contributed by atoms with van der Waals surface area (Å²) in [5, 5.41) is 0.691. The van der Waals surface area contributed by atoms with Gasteiger partial charge in [0.05, 0.1) is 11.1 Å². The van der Waals surface area contributed by atoms with E-state index in [-0.39, 0.29) is 6.04 Å².